The van der Waals surface area contributed by atoms with E-state index >= 15 is 0 Å². The van der Waals surface area contributed by atoms with Crippen LogP contribution in [0.15, 0.2) is 18.5 Å². The first-order valence-electron chi connectivity index (χ1n) is 5.28. The zero-order chi connectivity index (χ0) is 11.3. The summed E-state index contributed by atoms with van der Waals surface area (Å²) in [5.74, 6) is -0.864. The lowest BCUT2D eigenvalue weighted by molar-refractivity contribution is 0.0697. The summed E-state index contributed by atoms with van der Waals surface area (Å²) >= 11 is 0. The van der Waals surface area contributed by atoms with Gasteiger partial charge in [0.25, 0.3) is 0 Å². The van der Waals surface area contributed by atoms with E-state index in [1.807, 2.05) is 10.8 Å². The van der Waals surface area contributed by atoms with Crippen LogP contribution in [0.5, 0.6) is 0 Å². The molecule has 0 aromatic carbocycles. The summed E-state index contributed by atoms with van der Waals surface area (Å²) in [5, 5.41) is 8.74. The minimum absolute atomic E-state index is 0.356. The van der Waals surface area contributed by atoms with Crippen LogP contribution in [0.2, 0.25) is 0 Å². The molecule has 0 saturated carbocycles. The van der Waals surface area contributed by atoms with Gasteiger partial charge in [-0.2, -0.15) is 0 Å². The monoisotopic (exact) mass is 210 g/mol. The molecule has 4 nitrogen and oxygen atoms in total. The predicted octanol–water partition coefficient (Wildman–Crippen LogP) is 1.53. The molecule has 1 aromatic heterocycles. The van der Waals surface area contributed by atoms with Crippen molar-refractivity contribution in [3.63, 3.8) is 0 Å². The highest BCUT2D eigenvalue weighted by Crippen LogP contribution is 2.01. The highest BCUT2D eigenvalue weighted by molar-refractivity contribution is 5.87. The van der Waals surface area contributed by atoms with Crippen molar-refractivity contribution < 1.29 is 9.90 Å². The van der Waals surface area contributed by atoms with Gasteiger partial charge in [0.15, 0.2) is 0 Å². The number of likely N-dealkylation sites (N-methyl/N-ethyl adjacent to an activating group) is 1. The van der Waals surface area contributed by atoms with E-state index in [2.05, 4.69) is 18.7 Å². The van der Waals surface area contributed by atoms with Gasteiger partial charge in [-0.15, -0.1) is 0 Å². The fourth-order valence-corrected chi connectivity index (χ4v) is 1.50. The molecule has 0 amide bonds. The van der Waals surface area contributed by atoms with Crippen molar-refractivity contribution >= 4 is 5.97 Å². The maximum absolute atomic E-state index is 10.6. The van der Waals surface area contributed by atoms with Crippen molar-refractivity contribution in [2.24, 2.45) is 0 Å². The molecule has 0 radical (unpaired) electrons. The second-order valence-corrected chi connectivity index (χ2v) is 3.47. The number of aromatic carboxylic acids is 1. The highest BCUT2D eigenvalue weighted by Gasteiger charge is 2.05. The minimum atomic E-state index is -0.864. The molecule has 0 unspecified atom stereocenters. The van der Waals surface area contributed by atoms with Gasteiger partial charge in [0.05, 0.1) is 5.56 Å². The van der Waals surface area contributed by atoms with Gasteiger partial charge in [0.2, 0.25) is 0 Å². The molecule has 0 aliphatic carbocycles. The number of hydrogen-bond donors (Lipinski definition) is 1. The Bertz CT molecular complexity index is 316. The van der Waals surface area contributed by atoms with E-state index < -0.39 is 5.97 Å². The number of hydrogen-bond acceptors (Lipinski definition) is 2. The second-order valence-electron chi connectivity index (χ2n) is 3.47. The Morgan fingerprint density at radius 2 is 2.13 bits per heavy atom. The van der Waals surface area contributed by atoms with E-state index in [9.17, 15) is 4.79 Å². The smallest absolute Gasteiger partial charge is 0.337 e. The number of rotatable bonds is 6. The largest absolute Gasteiger partial charge is 0.478 e. The molecule has 84 valence electrons. The molecule has 1 rings (SSSR count). The van der Waals surface area contributed by atoms with Crippen LogP contribution in [0.4, 0.5) is 0 Å². The van der Waals surface area contributed by atoms with Gasteiger partial charge in [-0.05, 0) is 19.2 Å². The third kappa shape index (κ3) is 3.40. The Labute approximate surface area is 90.1 Å². The molecule has 1 heterocycles. The van der Waals surface area contributed by atoms with Gasteiger partial charge < -0.3 is 14.6 Å². The Balaban J connectivity index is 2.47. The Morgan fingerprint density at radius 1 is 1.47 bits per heavy atom. The maximum atomic E-state index is 10.6. The van der Waals surface area contributed by atoms with Gasteiger partial charge in [0, 0.05) is 25.5 Å². The maximum Gasteiger partial charge on any atom is 0.337 e. The summed E-state index contributed by atoms with van der Waals surface area (Å²) in [4.78, 5) is 12.9. The van der Waals surface area contributed by atoms with E-state index in [1.54, 1.807) is 12.3 Å². The van der Waals surface area contributed by atoms with E-state index in [1.165, 1.54) is 0 Å². The lowest BCUT2D eigenvalue weighted by Crippen LogP contribution is -2.26. The van der Waals surface area contributed by atoms with E-state index in [4.69, 9.17) is 5.11 Å². The van der Waals surface area contributed by atoms with Crippen LogP contribution in [0.1, 0.15) is 24.2 Å². The molecule has 0 aliphatic heterocycles. The van der Waals surface area contributed by atoms with Crippen LogP contribution in [0, 0.1) is 0 Å². The SMILES string of the molecule is CCN(CC)CCn1ccc(C(=O)O)c1. The Hall–Kier alpha value is -1.29. The molecule has 0 spiro atoms. The van der Waals surface area contributed by atoms with Gasteiger partial charge in [-0.25, -0.2) is 4.79 Å². The number of carbonyl (C=O) groups is 1. The van der Waals surface area contributed by atoms with Crippen molar-refractivity contribution in [2.45, 2.75) is 20.4 Å². The fraction of sp³-hybridized carbons (Fsp3) is 0.545. The molecular weight excluding hydrogens is 192 g/mol. The second kappa shape index (κ2) is 5.56. The molecule has 1 aromatic rings. The summed E-state index contributed by atoms with van der Waals surface area (Å²) in [5.41, 5.74) is 0.356. The van der Waals surface area contributed by atoms with Gasteiger partial charge in [-0.3, -0.25) is 0 Å². The predicted molar refractivity (Wildman–Crippen MR) is 59.2 cm³/mol. The standard InChI is InChI=1S/C11H18N2O2/c1-3-12(4-2)7-8-13-6-5-10(9-13)11(14)15/h5-6,9H,3-4,7-8H2,1-2H3,(H,14,15). The number of aromatic nitrogens is 1. The number of carboxylic acid groups (broad SMARTS) is 1. The fourth-order valence-electron chi connectivity index (χ4n) is 1.50. The quantitative estimate of drug-likeness (QED) is 0.774. The number of carboxylic acids is 1. The average Bonchev–Trinajstić information content (AvgIpc) is 2.68. The van der Waals surface area contributed by atoms with Gasteiger partial charge in [0.1, 0.15) is 0 Å². The third-order valence-corrected chi connectivity index (χ3v) is 2.57. The topological polar surface area (TPSA) is 45.5 Å². The van der Waals surface area contributed by atoms with E-state index in [0.717, 1.165) is 26.2 Å². The van der Waals surface area contributed by atoms with Crippen LogP contribution in [-0.4, -0.2) is 40.2 Å². The summed E-state index contributed by atoms with van der Waals surface area (Å²) in [6.45, 7) is 8.12. The molecule has 0 aliphatic rings. The molecule has 4 heteroatoms. The van der Waals surface area contributed by atoms with Gasteiger partial charge >= 0.3 is 5.97 Å². The van der Waals surface area contributed by atoms with Crippen molar-refractivity contribution in [3.05, 3.63) is 24.0 Å². The first-order valence-corrected chi connectivity index (χ1v) is 5.28. The van der Waals surface area contributed by atoms with Crippen molar-refractivity contribution in [3.8, 4) is 0 Å². The summed E-state index contributed by atoms with van der Waals surface area (Å²) < 4.78 is 1.92. The molecule has 1 N–H and O–H groups in total. The van der Waals surface area contributed by atoms with Crippen LogP contribution >= 0.6 is 0 Å². The lowest BCUT2D eigenvalue weighted by Gasteiger charge is -2.17. The van der Waals surface area contributed by atoms with Gasteiger partial charge in [-0.1, -0.05) is 13.8 Å². The first-order chi connectivity index (χ1) is 7.17. The van der Waals surface area contributed by atoms with Crippen molar-refractivity contribution in [1.82, 2.24) is 9.47 Å². The lowest BCUT2D eigenvalue weighted by atomic mass is 10.4. The molecule has 0 atom stereocenters. The molecule has 15 heavy (non-hydrogen) atoms. The summed E-state index contributed by atoms with van der Waals surface area (Å²) in [6, 6.07) is 1.63. The molecule has 0 saturated heterocycles. The molecule has 0 fully saturated rings. The minimum Gasteiger partial charge on any atom is -0.478 e. The zero-order valence-electron chi connectivity index (χ0n) is 9.31. The van der Waals surface area contributed by atoms with Crippen LogP contribution in [-0.2, 0) is 6.54 Å². The van der Waals surface area contributed by atoms with E-state index in [-0.39, 0.29) is 0 Å². The summed E-state index contributed by atoms with van der Waals surface area (Å²) in [7, 11) is 0. The number of nitrogens with zero attached hydrogens (tertiary/aromatic N) is 2. The highest BCUT2D eigenvalue weighted by atomic mass is 16.4. The Morgan fingerprint density at radius 3 is 2.60 bits per heavy atom. The molecule has 0 bridgehead atoms. The van der Waals surface area contributed by atoms with Crippen LogP contribution in [0.3, 0.4) is 0 Å². The zero-order valence-corrected chi connectivity index (χ0v) is 9.31. The third-order valence-electron chi connectivity index (χ3n) is 2.57. The van der Waals surface area contributed by atoms with E-state index in [0.29, 0.717) is 5.56 Å². The molecular formula is C11H18N2O2. The first kappa shape index (κ1) is 11.8. The normalized spacial score (nSPS) is 10.9. The van der Waals surface area contributed by atoms with Crippen LogP contribution in [0.25, 0.3) is 0 Å². The summed E-state index contributed by atoms with van der Waals surface area (Å²) in [6.07, 6.45) is 3.48. The average molecular weight is 210 g/mol. The van der Waals surface area contributed by atoms with Crippen molar-refractivity contribution in [1.29, 1.82) is 0 Å². The van der Waals surface area contributed by atoms with Crippen molar-refractivity contribution in [2.75, 3.05) is 19.6 Å². The Kier molecular flexibility index (Phi) is 4.37. The van der Waals surface area contributed by atoms with Crippen LogP contribution < -0.4 is 0 Å².